The van der Waals surface area contributed by atoms with Crippen LogP contribution in [0.15, 0.2) is 18.2 Å². The maximum atomic E-state index is 12.4. The quantitative estimate of drug-likeness (QED) is 0.886. The number of carbonyl (C=O) groups excluding carboxylic acids is 1. The monoisotopic (exact) mass is 291 g/mol. The average Bonchev–Trinajstić information content (AvgIpc) is 2.24. The van der Waals surface area contributed by atoms with Crippen LogP contribution in [0, 0.1) is 6.92 Å². The normalized spacial score (nSPS) is 11.2. The fourth-order valence-electron chi connectivity index (χ4n) is 1.64. The Bertz CT molecular complexity index is 528. The van der Waals surface area contributed by atoms with Crippen molar-refractivity contribution in [3.8, 4) is 5.75 Å². The zero-order valence-corrected chi connectivity index (χ0v) is 10.4. The molecule has 0 spiro atoms. The van der Waals surface area contributed by atoms with Gasteiger partial charge >= 0.3 is 12.1 Å². The van der Waals surface area contributed by atoms with Gasteiger partial charge in [0, 0.05) is 5.56 Å². The van der Waals surface area contributed by atoms with Gasteiger partial charge in [-0.3, -0.25) is 9.59 Å². The van der Waals surface area contributed by atoms with E-state index in [2.05, 4.69) is 0 Å². The first kappa shape index (κ1) is 15.8. The SMILES string of the molecule is Cc1cc(O)ccc1C(=O)N(CC(=O)O)CC(F)(F)F. The number of halogens is 3. The van der Waals surface area contributed by atoms with Crippen LogP contribution in [0.2, 0.25) is 0 Å². The van der Waals surface area contributed by atoms with Gasteiger partial charge in [0.25, 0.3) is 5.91 Å². The summed E-state index contributed by atoms with van der Waals surface area (Å²) in [6.45, 7) is -1.28. The molecule has 0 heterocycles. The van der Waals surface area contributed by atoms with E-state index >= 15 is 0 Å². The predicted molar refractivity (Wildman–Crippen MR) is 62.4 cm³/mol. The molecule has 0 fully saturated rings. The van der Waals surface area contributed by atoms with Crippen LogP contribution in [0.4, 0.5) is 13.2 Å². The highest BCUT2D eigenvalue weighted by Gasteiger charge is 2.34. The van der Waals surface area contributed by atoms with Crippen molar-refractivity contribution in [3.63, 3.8) is 0 Å². The minimum Gasteiger partial charge on any atom is -0.508 e. The minimum atomic E-state index is -4.70. The van der Waals surface area contributed by atoms with Gasteiger partial charge in [0.2, 0.25) is 0 Å². The predicted octanol–water partition coefficient (Wildman–Crippen LogP) is 1.79. The van der Waals surface area contributed by atoms with Gasteiger partial charge in [-0.1, -0.05) is 0 Å². The number of hydrogen-bond acceptors (Lipinski definition) is 3. The van der Waals surface area contributed by atoms with Crippen molar-refractivity contribution < 1.29 is 33.0 Å². The minimum absolute atomic E-state index is 0.0895. The molecule has 0 bridgehead atoms. The molecule has 1 rings (SSSR count). The molecule has 0 saturated heterocycles. The van der Waals surface area contributed by atoms with E-state index in [9.17, 15) is 27.9 Å². The number of carboxylic acids is 1. The summed E-state index contributed by atoms with van der Waals surface area (Å²) in [5.74, 6) is -2.74. The first-order chi connectivity index (χ1) is 9.10. The number of aromatic hydroxyl groups is 1. The van der Waals surface area contributed by atoms with Crippen LogP contribution in [-0.4, -0.2) is 46.3 Å². The lowest BCUT2D eigenvalue weighted by Crippen LogP contribution is -2.42. The number of phenols is 1. The highest BCUT2D eigenvalue weighted by atomic mass is 19.4. The van der Waals surface area contributed by atoms with Crippen molar-refractivity contribution in [3.05, 3.63) is 29.3 Å². The molecule has 1 amide bonds. The molecule has 0 aliphatic heterocycles. The molecule has 0 saturated carbocycles. The Hall–Kier alpha value is -2.25. The van der Waals surface area contributed by atoms with Crippen LogP contribution in [0.5, 0.6) is 5.75 Å². The highest BCUT2D eigenvalue weighted by Crippen LogP contribution is 2.21. The summed E-state index contributed by atoms with van der Waals surface area (Å²) in [5.41, 5.74) is 0.167. The summed E-state index contributed by atoms with van der Waals surface area (Å²) in [6, 6.07) is 3.50. The lowest BCUT2D eigenvalue weighted by Gasteiger charge is -2.22. The first-order valence-corrected chi connectivity index (χ1v) is 5.47. The fourth-order valence-corrected chi connectivity index (χ4v) is 1.64. The first-order valence-electron chi connectivity index (χ1n) is 5.47. The lowest BCUT2D eigenvalue weighted by molar-refractivity contribution is -0.149. The molecular weight excluding hydrogens is 279 g/mol. The van der Waals surface area contributed by atoms with Crippen molar-refractivity contribution in [2.24, 2.45) is 0 Å². The number of carboxylic acid groups (broad SMARTS) is 1. The molecule has 0 aromatic heterocycles. The summed E-state index contributed by atoms with van der Waals surface area (Å²) in [6.07, 6.45) is -4.70. The van der Waals surface area contributed by atoms with E-state index in [1.54, 1.807) is 0 Å². The van der Waals surface area contributed by atoms with E-state index in [0.29, 0.717) is 0 Å². The van der Waals surface area contributed by atoms with Crippen LogP contribution in [0.25, 0.3) is 0 Å². The maximum absolute atomic E-state index is 12.4. The summed E-state index contributed by atoms with van der Waals surface area (Å²) in [7, 11) is 0. The van der Waals surface area contributed by atoms with Crippen LogP contribution in [0.1, 0.15) is 15.9 Å². The van der Waals surface area contributed by atoms with Crippen LogP contribution >= 0.6 is 0 Å². The Morgan fingerprint density at radius 2 is 1.90 bits per heavy atom. The lowest BCUT2D eigenvalue weighted by atomic mass is 10.1. The van der Waals surface area contributed by atoms with Gasteiger partial charge in [-0.05, 0) is 30.7 Å². The molecule has 5 nitrogen and oxygen atoms in total. The van der Waals surface area contributed by atoms with Gasteiger partial charge in [-0.15, -0.1) is 0 Å². The zero-order valence-electron chi connectivity index (χ0n) is 10.4. The number of phenolic OH excluding ortho intramolecular Hbond substituents is 1. The Balaban J connectivity index is 3.06. The molecule has 0 radical (unpaired) electrons. The molecule has 2 N–H and O–H groups in total. The smallest absolute Gasteiger partial charge is 0.406 e. The third-order valence-corrected chi connectivity index (χ3v) is 2.42. The maximum Gasteiger partial charge on any atom is 0.406 e. The Morgan fingerprint density at radius 1 is 1.30 bits per heavy atom. The van der Waals surface area contributed by atoms with Gasteiger partial charge in [-0.2, -0.15) is 13.2 Å². The van der Waals surface area contributed by atoms with E-state index in [1.165, 1.54) is 13.0 Å². The van der Waals surface area contributed by atoms with Crippen LogP contribution < -0.4 is 0 Å². The third-order valence-electron chi connectivity index (χ3n) is 2.42. The molecular formula is C12H12F3NO4. The average molecular weight is 291 g/mol. The van der Waals surface area contributed by atoms with Gasteiger partial charge in [0.05, 0.1) is 0 Å². The number of amides is 1. The van der Waals surface area contributed by atoms with E-state index in [1.807, 2.05) is 0 Å². The summed E-state index contributed by atoms with van der Waals surface area (Å²) in [5, 5.41) is 17.8. The van der Waals surface area contributed by atoms with E-state index in [-0.39, 0.29) is 21.8 Å². The Kier molecular flexibility index (Phi) is 4.59. The molecule has 110 valence electrons. The van der Waals surface area contributed by atoms with Crippen molar-refractivity contribution in [1.82, 2.24) is 4.90 Å². The largest absolute Gasteiger partial charge is 0.508 e. The third kappa shape index (κ3) is 4.45. The molecule has 0 aliphatic rings. The second kappa shape index (κ2) is 5.81. The van der Waals surface area contributed by atoms with E-state index in [4.69, 9.17) is 5.11 Å². The van der Waals surface area contributed by atoms with E-state index < -0.39 is 31.1 Å². The molecule has 0 aliphatic carbocycles. The molecule has 20 heavy (non-hydrogen) atoms. The molecule has 8 heteroatoms. The summed E-state index contributed by atoms with van der Waals surface area (Å²) < 4.78 is 37.1. The fraction of sp³-hybridized carbons (Fsp3) is 0.333. The number of aryl methyl sites for hydroxylation is 1. The van der Waals surface area contributed by atoms with Crippen molar-refractivity contribution >= 4 is 11.9 Å². The van der Waals surface area contributed by atoms with Gasteiger partial charge in [-0.25, -0.2) is 0 Å². The number of benzene rings is 1. The highest BCUT2D eigenvalue weighted by molar-refractivity contribution is 5.97. The molecule has 0 atom stereocenters. The topological polar surface area (TPSA) is 77.8 Å². The number of aliphatic carboxylic acids is 1. The zero-order chi connectivity index (χ0) is 15.5. The Labute approximate surface area is 112 Å². The number of alkyl halides is 3. The summed E-state index contributed by atoms with van der Waals surface area (Å²) in [4.78, 5) is 22.7. The number of carbonyl (C=O) groups is 2. The molecule has 0 unspecified atom stereocenters. The van der Waals surface area contributed by atoms with Gasteiger partial charge < -0.3 is 15.1 Å². The molecule has 1 aromatic carbocycles. The molecule has 1 aromatic rings. The second-order valence-electron chi connectivity index (χ2n) is 4.17. The second-order valence-corrected chi connectivity index (χ2v) is 4.17. The van der Waals surface area contributed by atoms with Gasteiger partial charge in [0.15, 0.2) is 0 Å². The number of nitrogens with zero attached hydrogens (tertiary/aromatic N) is 1. The van der Waals surface area contributed by atoms with Crippen molar-refractivity contribution in [1.29, 1.82) is 0 Å². The number of rotatable bonds is 4. The Morgan fingerprint density at radius 3 is 2.35 bits per heavy atom. The number of hydrogen-bond donors (Lipinski definition) is 2. The van der Waals surface area contributed by atoms with Crippen molar-refractivity contribution in [2.75, 3.05) is 13.1 Å². The standard InChI is InChI=1S/C12H12F3NO4/c1-7-4-8(17)2-3-9(7)11(20)16(5-10(18)19)6-12(13,14)15/h2-4,17H,5-6H2,1H3,(H,18,19). The van der Waals surface area contributed by atoms with Crippen LogP contribution in [-0.2, 0) is 4.79 Å². The van der Waals surface area contributed by atoms with Gasteiger partial charge in [0.1, 0.15) is 18.8 Å². The summed E-state index contributed by atoms with van der Waals surface area (Å²) >= 11 is 0. The van der Waals surface area contributed by atoms with Crippen molar-refractivity contribution in [2.45, 2.75) is 13.1 Å². The van der Waals surface area contributed by atoms with Crippen LogP contribution in [0.3, 0.4) is 0 Å². The van der Waals surface area contributed by atoms with E-state index in [0.717, 1.165) is 12.1 Å².